The third kappa shape index (κ3) is 7.08. The van der Waals surface area contributed by atoms with Gasteiger partial charge in [-0.3, -0.25) is 4.18 Å². The Hall–Kier alpha value is 0.290. The Balaban J connectivity index is 0.00000480. The van der Waals surface area contributed by atoms with Crippen LogP contribution in [0.25, 0.3) is 0 Å². The molecule has 46 heavy (non-hydrogen) atoms. The molecule has 14 heteroatoms. The number of aliphatic hydroxyl groups is 6. The minimum absolute atomic E-state index is 0. The average molecular weight is 685 g/mol. The van der Waals surface area contributed by atoms with Crippen LogP contribution in [0.2, 0.25) is 0 Å². The van der Waals surface area contributed by atoms with Crippen LogP contribution in [-0.4, -0.2) is 105 Å². The van der Waals surface area contributed by atoms with Gasteiger partial charge in [-0.2, -0.15) is 0 Å². The fourth-order valence-corrected chi connectivity index (χ4v) is 10.9. The summed E-state index contributed by atoms with van der Waals surface area (Å²) in [6.07, 6.45) is -2.10. The minimum Gasteiger partial charge on any atom is -0.726 e. The summed E-state index contributed by atoms with van der Waals surface area (Å²) >= 11 is 0. The molecule has 1 heterocycles. The molecule has 0 amide bonds. The van der Waals surface area contributed by atoms with E-state index in [4.69, 9.17) is 13.7 Å². The summed E-state index contributed by atoms with van der Waals surface area (Å²) in [5.74, 6) is -0.728. The molecule has 0 aromatic rings. The SMILES string of the molecule is CC(C)[C@H](CC[C@@H](C)[C@H]1C[C@H](O)C2[C@]3(O)C[C@@H](O)C4=C[C@@H](OC5OCC(O)C(O)C5O)CC[C@]4(C)C3CC[C@@]21C)OS(=O)(=O)[O-].[Na+]. The first-order valence-electron chi connectivity index (χ1n) is 16.6. The second kappa shape index (κ2) is 14.1. The van der Waals surface area contributed by atoms with Crippen molar-refractivity contribution in [2.75, 3.05) is 6.61 Å². The van der Waals surface area contributed by atoms with Crippen molar-refractivity contribution >= 4 is 10.4 Å². The average Bonchev–Trinajstić information content (AvgIpc) is 3.22. The first-order chi connectivity index (χ1) is 20.8. The molecule has 0 aromatic heterocycles. The van der Waals surface area contributed by atoms with Crippen LogP contribution in [0.4, 0.5) is 0 Å². The van der Waals surface area contributed by atoms with E-state index >= 15 is 0 Å². The van der Waals surface area contributed by atoms with Crippen LogP contribution in [0.3, 0.4) is 0 Å². The molecule has 3 saturated carbocycles. The predicted molar refractivity (Wildman–Crippen MR) is 160 cm³/mol. The molecular formula is C32H53NaO12S. The number of aliphatic hydroxyl groups excluding tert-OH is 5. The Morgan fingerprint density at radius 1 is 1.02 bits per heavy atom. The maximum Gasteiger partial charge on any atom is 1.00 e. The van der Waals surface area contributed by atoms with Crippen LogP contribution in [0.1, 0.15) is 86.0 Å². The Bertz CT molecular complexity index is 1220. The van der Waals surface area contributed by atoms with Crippen LogP contribution in [0, 0.1) is 40.4 Å². The molecule has 0 radical (unpaired) electrons. The van der Waals surface area contributed by atoms with Crippen molar-refractivity contribution < 1.29 is 86.8 Å². The van der Waals surface area contributed by atoms with Crippen molar-refractivity contribution in [2.24, 2.45) is 40.4 Å². The van der Waals surface area contributed by atoms with E-state index in [2.05, 4.69) is 20.8 Å². The molecule has 6 unspecified atom stereocenters. The molecule has 0 spiro atoms. The summed E-state index contributed by atoms with van der Waals surface area (Å²) in [6, 6.07) is 0. The second-order valence-electron chi connectivity index (χ2n) is 15.5. The van der Waals surface area contributed by atoms with Gasteiger partial charge in [-0.15, -0.1) is 0 Å². The quantitative estimate of drug-likeness (QED) is 0.0701. The van der Waals surface area contributed by atoms with Gasteiger partial charge in [0.05, 0.1) is 36.6 Å². The van der Waals surface area contributed by atoms with E-state index in [1.54, 1.807) is 0 Å². The third-order valence-electron chi connectivity index (χ3n) is 12.5. The molecule has 4 aliphatic carbocycles. The van der Waals surface area contributed by atoms with Crippen molar-refractivity contribution in [2.45, 2.75) is 141 Å². The molecule has 1 aliphatic heterocycles. The van der Waals surface area contributed by atoms with Crippen molar-refractivity contribution in [3.05, 3.63) is 11.6 Å². The topological polar surface area (TPSA) is 206 Å². The maximum absolute atomic E-state index is 12.6. The van der Waals surface area contributed by atoms with Crippen molar-refractivity contribution in [1.29, 1.82) is 0 Å². The normalized spacial score (nSPS) is 47.2. The third-order valence-corrected chi connectivity index (χ3v) is 13.0. The van der Waals surface area contributed by atoms with Gasteiger partial charge in [0.25, 0.3) is 0 Å². The summed E-state index contributed by atoms with van der Waals surface area (Å²) in [4.78, 5) is 0. The molecule has 12 nitrogen and oxygen atoms in total. The zero-order valence-electron chi connectivity index (χ0n) is 28.0. The van der Waals surface area contributed by atoms with E-state index in [0.717, 1.165) is 12.0 Å². The fourth-order valence-electron chi connectivity index (χ4n) is 10.3. The number of hydrogen-bond acceptors (Lipinski definition) is 12. The summed E-state index contributed by atoms with van der Waals surface area (Å²) in [6.45, 7) is 9.74. The van der Waals surface area contributed by atoms with Gasteiger partial charge in [-0.1, -0.05) is 40.7 Å². The Morgan fingerprint density at radius 2 is 1.70 bits per heavy atom. The zero-order valence-corrected chi connectivity index (χ0v) is 30.8. The van der Waals surface area contributed by atoms with Crippen LogP contribution >= 0.6 is 0 Å². The van der Waals surface area contributed by atoms with E-state index < -0.39 is 81.8 Å². The molecule has 5 aliphatic rings. The summed E-state index contributed by atoms with van der Waals surface area (Å²) in [5, 5.41) is 66.0. The molecule has 15 atom stereocenters. The fraction of sp³-hybridized carbons (Fsp3) is 0.938. The standard InChI is InChI=1S/C32H54O12S.Na/c1-16(2)24(44-45(39,40)41)7-6-17(3)19-13-21(33)28-31(19,5)11-9-25-30(4)10-8-18(12-20(30)22(34)14-32(25,28)38)43-29-27(37)26(36)23(35)15-42-29;/h12,16-19,21-29,33-38H,6-11,13-15H2,1-5H3,(H,39,40,41);/q;+1/p-1/t17-,18+,19-,21+,22-,23?,24+,25?,26?,27?,28?,29?,30+,31-,32+;/m1./s1. The molecule has 0 bridgehead atoms. The van der Waals surface area contributed by atoms with Gasteiger partial charge in [-0.05, 0) is 85.0 Å². The predicted octanol–water partition coefficient (Wildman–Crippen LogP) is -1.63. The van der Waals surface area contributed by atoms with E-state index in [-0.39, 0.29) is 66.3 Å². The number of fused-ring (bicyclic) bond motifs is 5. The van der Waals surface area contributed by atoms with Gasteiger partial charge in [0.15, 0.2) is 6.29 Å². The molecular weight excluding hydrogens is 631 g/mol. The first kappa shape index (κ1) is 39.1. The van der Waals surface area contributed by atoms with Crippen molar-refractivity contribution in [3.63, 3.8) is 0 Å². The molecule has 5 rings (SSSR count). The van der Waals surface area contributed by atoms with Crippen LogP contribution in [0.15, 0.2) is 11.6 Å². The van der Waals surface area contributed by atoms with Crippen LogP contribution in [-0.2, 0) is 24.1 Å². The van der Waals surface area contributed by atoms with Crippen LogP contribution < -0.4 is 29.6 Å². The zero-order chi connectivity index (χ0) is 33.3. The Morgan fingerprint density at radius 3 is 2.33 bits per heavy atom. The molecule has 4 fully saturated rings. The maximum atomic E-state index is 12.6. The second-order valence-corrected chi connectivity index (χ2v) is 16.5. The Labute approximate surface area is 295 Å². The minimum atomic E-state index is -4.83. The molecule has 6 N–H and O–H groups in total. The monoisotopic (exact) mass is 684 g/mol. The van der Waals surface area contributed by atoms with Gasteiger partial charge in [-0.25, -0.2) is 8.42 Å². The molecule has 0 aromatic carbocycles. The largest absolute Gasteiger partial charge is 1.00 e. The smallest absolute Gasteiger partial charge is 0.726 e. The van der Waals surface area contributed by atoms with Gasteiger partial charge >= 0.3 is 29.6 Å². The summed E-state index contributed by atoms with van der Waals surface area (Å²) in [5.41, 5.74) is -1.51. The van der Waals surface area contributed by atoms with E-state index in [1.807, 2.05) is 19.9 Å². The van der Waals surface area contributed by atoms with Gasteiger partial charge in [0.2, 0.25) is 10.4 Å². The molecule has 1 saturated heterocycles. The van der Waals surface area contributed by atoms with Crippen LogP contribution in [0.5, 0.6) is 0 Å². The van der Waals surface area contributed by atoms with E-state index in [9.17, 15) is 43.6 Å². The summed E-state index contributed by atoms with van der Waals surface area (Å²) < 4.78 is 50.1. The molecule has 260 valence electrons. The van der Waals surface area contributed by atoms with Gasteiger partial charge in [0, 0.05) is 12.3 Å². The van der Waals surface area contributed by atoms with Gasteiger partial charge in [0.1, 0.15) is 18.3 Å². The summed E-state index contributed by atoms with van der Waals surface area (Å²) in [7, 11) is -4.83. The van der Waals surface area contributed by atoms with Gasteiger partial charge < -0.3 is 44.7 Å². The Kier molecular flexibility index (Phi) is 12.0. The van der Waals surface area contributed by atoms with Crippen molar-refractivity contribution in [3.8, 4) is 0 Å². The number of hydrogen-bond donors (Lipinski definition) is 6. The van der Waals surface area contributed by atoms with E-state index in [1.165, 1.54) is 0 Å². The van der Waals surface area contributed by atoms with Crippen molar-refractivity contribution in [1.82, 2.24) is 0 Å². The first-order valence-corrected chi connectivity index (χ1v) is 17.9. The number of ether oxygens (including phenoxy) is 2. The number of rotatable bonds is 9. The van der Waals surface area contributed by atoms with E-state index in [0.29, 0.717) is 38.5 Å².